The summed E-state index contributed by atoms with van der Waals surface area (Å²) in [5.41, 5.74) is 2.48. The van der Waals surface area contributed by atoms with Crippen molar-refractivity contribution in [3.63, 3.8) is 0 Å². The highest BCUT2D eigenvalue weighted by molar-refractivity contribution is 5.77. The van der Waals surface area contributed by atoms with Gasteiger partial charge in [0.1, 0.15) is 0 Å². The van der Waals surface area contributed by atoms with Crippen LogP contribution in [0.25, 0.3) is 0 Å². The molecule has 4 nitrogen and oxygen atoms in total. The lowest BCUT2D eigenvalue weighted by atomic mass is 9.85. The summed E-state index contributed by atoms with van der Waals surface area (Å²) < 4.78 is 5.87. The van der Waals surface area contributed by atoms with E-state index in [0.717, 1.165) is 32.1 Å². The van der Waals surface area contributed by atoms with E-state index in [0.29, 0.717) is 25.0 Å². The van der Waals surface area contributed by atoms with Crippen molar-refractivity contribution in [2.45, 2.75) is 50.7 Å². The van der Waals surface area contributed by atoms with Gasteiger partial charge in [0.25, 0.3) is 0 Å². The molecule has 0 bridgehead atoms. The van der Waals surface area contributed by atoms with Crippen molar-refractivity contribution in [2.24, 2.45) is 5.92 Å². The van der Waals surface area contributed by atoms with Crippen LogP contribution in [0.4, 0.5) is 0 Å². The molecule has 1 amide bonds. The lowest BCUT2D eigenvalue weighted by Gasteiger charge is -2.35. The zero-order valence-electron chi connectivity index (χ0n) is 13.9. The molecule has 1 atom stereocenters. The lowest BCUT2D eigenvalue weighted by molar-refractivity contribution is -0.136. The third-order valence-corrected chi connectivity index (χ3v) is 5.47. The average Bonchev–Trinajstić information content (AvgIpc) is 2.61. The van der Waals surface area contributed by atoms with E-state index in [1.807, 2.05) is 18.0 Å². The van der Waals surface area contributed by atoms with Crippen molar-refractivity contribution in [3.8, 4) is 0 Å². The van der Waals surface area contributed by atoms with Gasteiger partial charge >= 0.3 is 0 Å². The van der Waals surface area contributed by atoms with E-state index in [2.05, 4.69) is 18.2 Å². The van der Waals surface area contributed by atoms with Crippen LogP contribution in [0, 0.1) is 5.92 Å². The highest BCUT2D eigenvalue weighted by Gasteiger charge is 2.29. The van der Waals surface area contributed by atoms with Crippen LogP contribution in [0.5, 0.6) is 0 Å². The number of carbonyl (C=O) groups excluding carboxylic acids is 1. The number of fused-ring (bicyclic) bond motifs is 1. The molecule has 1 heterocycles. The van der Waals surface area contributed by atoms with Gasteiger partial charge in [0.2, 0.25) is 5.91 Å². The van der Waals surface area contributed by atoms with Gasteiger partial charge in [0.15, 0.2) is 0 Å². The number of hydrogen-bond acceptors (Lipinski definition) is 3. The minimum atomic E-state index is -0.108. The van der Waals surface area contributed by atoms with Crippen molar-refractivity contribution < 1.29 is 14.6 Å². The van der Waals surface area contributed by atoms with Crippen LogP contribution in [-0.4, -0.2) is 42.2 Å². The first-order valence-corrected chi connectivity index (χ1v) is 8.75. The first kappa shape index (κ1) is 16.5. The number of amides is 1. The number of carbonyl (C=O) groups is 1. The van der Waals surface area contributed by atoms with E-state index in [1.165, 1.54) is 11.1 Å². The quantitative estimate of drug-likeness (QED) is 0.929. The number of rotatable bonds is 4. The van der Waals surface area contributed by atoms with Gasteiger partial charge in [-0.1, -0.05) is 24.3 Å². The van der Waals surface area contributed by atoms with Gasteiger partial charge in [-0.15, -0.1) is 0 Å². The van der Waals surface area contributed by atoms with Gasteiger partial charge in [-0.05, 0) is 49.1 Å². The van der Waals surface area contributed by atoms with Crippen molar-refractivity contribution in [1.29, 1.82) is 0 Å². The molecule has 0 aromatic heterocycles. The zero-order chi connectivity index (χ0) is 16.2. The Morgan fingerprint density at radius 2 is 2.00 bits per heavy atom. The first-order valence-electron chi connectivity index (χ1n) is 8.75. The van der Waals surface area contributed by atoms with E-state index in [-0.39, 0.29) is 18.6 Å². The van der Waals surface area contributed by atoms with Crippen molar-refractivity contribution in [3.05, 3.63) is 35.4 Å². The van der Waals surface area contributed by atoms with Crippen LogP contribution in [-0.2, 0) is 16.0 Å². The molecule has 0 radical (unpaired) electrons. The molecule has 1 fully saturated rings. The number of aliphatic hydroxyl groups excluding tert-OH is 1. The number of ether oxygens (including phenoxy) is 1. The number of benzene rings is 1. The summed E-state index contributed by atoms with van der Waals surface area (Å²) in [5.74, 6) is 0.586. The molecule has 0 saturated heterocycles. The first-order chi connectivity index (χ1) is 11.2. The van der Waals surface area contributed by atoms with Crippen LogP contribution in [0.3, 0.4) is 0 Å². The average molecular weight is 317 g/mol. The normalized spacial score (nSPS) is 27.3. The Morgan fingerprint density at radius 1 is 1.26 bits per heavy atom. The fourth-order valence-corrected chi connectivity index (χ4v) is 3.87. The summed E-state index contributed by atoms with van der Waals surface area (Å²) in [6.45, 7) is 0.970. The Bertz CT molecular complexity index is 537. The van der Waals surface area contributed by atoms with E-state index in [4.69, 9.17) is 4.74 Å². The largest absolute Gasteiger partial charge is 0.396 e. The lowest BCUT2D eigenvalue weighted by Crippen LogP contribution is -2.40. The summed E-state index contributed by atoms with van der Waals surface area (Å²) >= 11 is 0. The minimum absolute atomic E-state index is 0.108. The summed E-state index contributed by atoms with van der Waals surface area (Å²) in [6, 6.07) is 8.59. The van der Waals surface area contributed by atoms with Gasteiger partial charge in [-0.25, -0.2) is 0 Å². The van der Waals surface area contributed by atoms with E-state index >= 15 is 0 Å². The molecular weight excluding hydrogens is 290 g/mol. The van der Waals surface area contributed by atoms with Gasteiger partial charge < -0.3 is 14.7 Å². The van der Waals surface area contributed by atoms with Crippen molar-refractivity contribution in [2.75, 3.05) is 20.3 Å². The van der Waals surface area contributed by atoms with Gasteiger partial charge in [-0.2, -0.15) is 0 Å². The van der Waals surface area contributed by atoms with Crippen molar-refractivity contribution in [1.82, 2.24) is 4.90 Å². The molecule has 1 aromatic rings. The highest BCUT2D eigenvalue weighted by Crippen LogP contribution is 2.31. The second-order valence-electron chi connectivity index (χ2n) is 6.87. The maximum Gasteiger partial charge on any atom is 0.225 e. The van der Waals surface area contributed by atoms with Gasteiger partial charge in [-0.3, -0.25) is 4.79 Å². The maximum atomic E-state index is 12.7. The second kappa shape index (κ2) is 7.45. The monoisotopic (exact) mass is 317 g/mol. The van der Waals surface area contributed by atoms with Crippen LogP contribution in [0.1, 0.15) is 49.3 Å². The van der Waals surface area contributed by atoms with Crippen LogP contribution >= 0.6 is 0 Å². The number of nitrogens with zero attached hydrogens (tertiary/aromatic N) is 1. The number of hydrogen-bond donors (Lipinski definition) is 1. The van der Waals surface area contributed by atoms with Crippen LogP contribution in [0.15, 0.2) is 24.3 Å². The maximum absolute atomic E-state index is 12.7. The van der Waals surface area contributed by atoms with E-state index < -0.39 is 0 Å². The summed E-state index contributed by atoms with van der Waals surface area (Å²) in [6.07, 6.45) is 5.27. The second-order valence-corrected chi connectivity index (χ2v) is 6.87. The van der Waals surface area contributed by atoms with Crippen LogP contribution in [0.2, 0.25) is 0 Å². The van der Waals surface area contributed by atoms with Crippen molar-refractivity contribution >= 4 is 5.91 Å². The molecule has 1 aromatic carbocycles. The highest BCUT2D eigenvalue weighted by atomic mass is 16.5. The third-order valence-electron chi connectivity index (χ3n) is 5.47. The summed E-state index contributed by atoms with van der Waals surface area (Å²) in [5, 5.41) is 9.24. The Kier molecular flexibility index (Phi) is 5.34. The molecule has 126 valence electrons. The fourth-order valence-electron chi connectivity index (χ4n) is 3.87. The molecule has 1 aliphatic carbocycles. The number of aliphatic hydroxyl groups is 1. The third kappa shape index (κ3) is 3.75. The summed E-state index contributed by atoms with van der Waals surface area (Å²) in [7, 11) is 1.92. The molecular formula is C19H27NO3. The standard InChI is InChI=1S/C19H27NO3/c1-20(16-8-6-14(13-21)7-9-16)19(22)12-18-17-5-3-2-4-15(17)10-11-23-18/h2-5,14,16,18,21H,6-13H2,1H3. The molecule has 2 aliphatic rings. The Labute approximate surface area is 138 Å². The molecule has 3 rings (SSSR count). The molecule has 0 spiro atoms. The predicted molar refractivity (Wildman–Crippen MR) is 89.1 cm³/mol. The smallest absolute Gasteiger partial charge is 0.225 e. The molecule has 1 N–H and O–H groups in total. The molecule has 1 unspecified atom stereocenters. The zero-order valence-corrected chi connectivity index (χ0v) is 13.9. The molecule has 23 heavy (non-hydrogen) atoms. The van der Waals surface area contributed by atoms with Crippen LogP contribution < -0.4 is 0 Å². The summed E-state index contributed by atoms with van der Waals surface area (Å²) in [4.78, 5) is 14.6. The molecule has 1 aliphatic heterocycles. The topological polar surface area (TPSA) is 49.8 Å². The van der Waals surface area contributed by atoms with E-state index in [9.17, 15) is 9.90 Å². The Hall–Kier alpha value is -1.39. The fraction of sp³-hybridized carbons (Fsp3) is 0.632. The van der Waals surface area contributed by atoms with Gasteiger partial charge in [0.05, 0.1) is 19.1 Å². The van der Waals surface area contributed by atoms with E-state index in [1.54, 1.807) is 0 Å². The Morgan fingerprint density at radius 3 is 2.74 bits per heavy atom. The molecule has 1 saturated carbocycles. The Balaban J connectivity index is 1.59. The minimum Gasteiger partial charge on any atom is -0.396 e. The molecule has 4 heteroatoms. The predicted octanol–water partition coefficient (Wildman–Crippen LogP) is 2.70. The SMILES string of the molecule is CN(C(=O)CC1OCCc2ccccc21)C1CCC(CO)CC1. The van der Waals surface area contributed by atoms with Gasteiger partial charge in [0, 0.05) is 19.7 Å².